The zero-order valence-electron chi connectivity index (χ0n) is 15.3. The fourth-order valence-electron chi connectivity index (χ4n) is 2.53. The summed E-state index contributed by atoms with van der Waals surface area (Å²) >= 11 is 0. The minimum Gasteiger partial charge on any atom is -0.480 e. The third-order valence-corrected chi connectivity index (χ3v) is 4.05. The van der Waals surface area contributed by atoms with Crippen LogP contribution in [0.5, 0.6) is 0 Å². The van der Waals surface area contributed by atoms with E-state index in [0.29, 0.717) is 0 Å². The van der Waals surface area contributed by atoms with Gasteiger partial charge in [0.1, 0.15) is 17.8 Å². The van der Waals surface area contributed by atoms with Crippen molar-refractivity contribution in [2.75, 3.05) is 5.32 Å². The van der Waals surface area contributed by atoms with E-state index in [1.807, 2.05) is 0 Å². The summed E-state index contributed by atoms with van der Waals surface area (Å²) in [5.74, 6) is -1.92. The molecule has 29 heavy (non-hydrogen) atoms. The number of hydrogen-bond donors (Lipinski definition) is 3. The summed E-state index contributed by atoms with van der Waals surface area (Å²) in [5.41, 5.74) is -0.408. The van der Waals surface area contributed by atoms with Crippen molar-refractivity contribution in [3.63, 3.8) is 0 Å². The van der Waals surface area contributed by atoms with Crippen LogP contribution < -0.4 is 10.6 Å². The number of nitro benzene ring substituents is 2. The van der Waals surface area contributed by atoms with Crippen molar-refractivity contribution in [1.29, 1.82) is 0 Å². The number of carboxylic acids is 1. The summed E-state index contributed by atoms with van der Waals surface area (Å²) in [6, 6.07) is 9.54. The molecule has 2 unspecified atom stereocenters. The number of nitrogens with zero attached hydrogens (tertiary/aromatic N) is 2. The highest BCUT2D eigenvalue weighted by molar-refractivity contribution is 5.89. The van der Waals surface area contributed by atoms with Gasteiger partial charge in [-0.25, -0.2) is 0 Å². The van der Waals surface area contributed by atoms with Crippen molar-refractivity contribution in [3.05, 3.63) is 74.3 Å². The van der Waals surface area contributed by atoms with Gasteiger partial charge in [-0.3, -0.25) is 29.8 Å². The molecular formula is C18H18N4O7. The molecule has 2 aromatic rings. The minimum absolute atomic E-state index is 0.0975. The normalized spacial score (nSPS) is 12.4. The summed E-state index contributed by atoms with van der Waals surface area (Å²) in [6.45, 7) is 1.29. The predicted octanol–water partition coefficient (Wildman–Crippen LogP) is 2.12. The van der Waals surface area contributed by atoms with Gasteiger partial charge in [0.25, 0.3) is 11.4 Å². The van der Waals surface area contributed by atoms with Crippen molar-refractivity contribution >= 4 is 28.9 Å². The Morgan fingerprint density at radius 2 is 1.72 bits per heavy atom. The molecule has 2 rings (SSSR count). The summed E-state index contributed by atoms with van der Waals surface area (Å²) in [4.78, 5) is 44.3. The van der Waals surface area contributed by atoms with Gasteiger partial charge in [-0.05, 0) is 18.6 Å². The van der Waals surface area contributed by atoms with Crippen LogP contribution in [0.3, 0.4) is 0 Å². The minimum atomic E-state index is -1.24. The van der Waals surface area contributed by atoms with Gasteiger partial charge in [0.2, 0.25) is 5.91 Å². The van der Waals surface area contributed by atoms with Crippen molar-refractivity contribution < 1.29 is 24.5 Å². The highest BCUT2D eigenvalue weighted by Crippen LogP contribution is 2.29. The van der Waals surface area contributed by atoms with Gasteiger partial charge in [-0.2, -0.15) is 0 Å². The molecule has 3 N–H and O–H groups in total. The second-order valence-corrected chi connectivity index (χ2v) is 6.17. The van der Waals surface area contributed by atoms with E-state index in [0.717, 1.165) is 23.8 Å². The molecule has 11 heteroatoms. The molecule has 0 aromatic heterocycles. The first-order chi connectivity index (χ1) is 13.7. The average Bonchev–Trinajstić information content (AvgIpc) is 2.67. The smallest absolute Gasteiger partial charge is 0.325 e. The molecule has 0 heterocycles. The number of carbonyl (C=O) groups is 2. The van der Waals surface area contributed by atoms with Crippen LogP contribution in [0, 0.1) is 20.2 Å². The quantitative estimate of drug-likeness (QED) is 0.424. The maximum absolute atomic E-state index is 12.6. The van der Waals surface area contributed by atoms with Crippen LogP contribution in [0.1, 0.15) is 12.5 Å². The molecule has 2 aromatic carbocycles. The number of aliphatic carboxylic acids is 1. The van der Waals surface area contributed by atoms with Gasteiger partial charge in [0.15, 0.2) is 0 Å². The number of hydrogen-bond acceptors (Lipinski definition) is 7. The highest BCUT2D eigenvalue weighted by atomic mass is 16.6. The third kappa shape index (κ3) is 5.73. The van der Waals surface area contributed by atoms with Gasteiger partial charge < -0.3 is 15.7 Å². The van der Waals surface area contributed by atoms with Crippen molar-refractivity contribution in [3.8, 4) is 0 Å². The van der Waals surface area contributed by atoms with Gasteiger partial charge in [0, 0.05) is 12.5 Å². The van der Waals surface area contributed by atoms with E-state index in [9.17, 15) is 29.8 Å². The largest absolute Gasteiger partial charge is 0.480 e. The highest BCUT2D eigenvalue weighted by Gasteiger charge is 2.27. The van der Waals surface area contributed by atoms with Crippen LogP contribution in [-0.4, -0.2) is 38.9 Å². The first-order valence-corrected chi connectivity index (χ1v) is 8.45. The Hall–Kier alpha value is -4.02. The van der Waals surface area contributed by atoms with Gasteiger partial charge in [-0.1, -0.05) is 30.3 Å². The molecule has 1 amide bonds. The Morgan fingerprint density at radius 1 is 1.07 bits per heavy atom. The number of nitrogens with one attached hydrogen (secondary N) is 2. The van der Waals surface area contributed by atoms with E-state index in [1.54, 1.807) is 30.3 Å². The fraction of sp³-hybridized carbons (Fsp3) is 0.222. The van der Waals surface area contributed by atoms with Crippen LogP contribution in [0.25, 0.3) is 0 Å². The molecule has 152 valence electrons. The SMILES string of the molecule is CC(NC(=O)C(Cc1ccccc1)Nc1ccc([N+](=O)[O-])cc1[N+](=O)[O-])C(=O)O. The van der Waals surface area contributed by atoms with E-state index in [1.165, 1.54) is 6.92 Å². The Labute approximate surface area is 164 Å². The van der Waals surface area contributed by atoms with E-state index >= 15 is 0 Å². The zero-order chi connectivity index (χ0) is 21.6. The van der Waals surface area contributed by atoms with E-state index in [-0.39, 0.29) is 12.1 Å². The first-order valence-electron chi connectivity index (χ1n) is 8.45. The van der Waals surface area contributed by atoms with E-state index < -0.39 is 45.2 Å². The van der Waals surface area contributed by atoms with Crippen molar-refractivity contribution in [2.45, 2.75) is 25.4 Å². The number of anilines is 1. The fourth-order valence-corrected chi connectivity index (χ4v) is 2.53. The Balaban J connectivity index is 2.36. The molecule has 0 saturated carbocycles. The number of carboxylic acid groups (broad SMARTS) is 1. The number of benzene rings is 2. The molecule has 2 atom stereocenters. The maximum Gasteiger partial charge on any atom is 0.325 e. The molecule has 0 aliphatic rings. The molecule has 0 aliphatic carbocycles. The number of amides is 1. The van der Waals surface area contributed by atoms with Crippen LogP contribution in [0.15, 0.2) is 48.5 Å². The lowest BCUT2D eigenvalue weighted by molar-refractivity contribution is -0.393. The van der Waals surface area contributed by atoms with Crippen LogP contribution in [0.2, 0.25) is 0 Å². The second kappa shape index (κ2) is 9.26. The van der Waals surface area contributed by atoms with E-state index in [2.05, 4.69) is 10.6 Å². The summed E-state index contributed by atoms with van der Waals surface area (Å²) in [7, 11) is 0. The number of non-ortho nitro benzene ring substituents is 1. The van der Waals surface area contributed by atoms with Crippen molar-refractivity contribution in [2.24, 2.45) is 0 Å². The maximum atomic E-state index is 12.6. The van der Waals surface area contributed by atoms with Gasteiger partial charge >= 0.3 is 5.97 Å². The van der Waals surface area contributed by atoms with Gasteiger partial charge in [-0.15, -0.1) is 0 Å². The molecule has 0 bridgehead atoms. The summed E-state index contributed by atoms with van der Waals surface area (Å²) in [6.07, 6.45) is 0.104. The number of carbonyl (C=O) groups excluding carboxylic acids is 1. The predicted molar refractivity (Wildman–Crippen MR) is 103 cm³/mol. The Bertz CT molecular complexity index is 933. The monoisotopic (exact) mass is 402 g/mol. The Morgan fingerprint density at radius 3 is 2.28 bits per heavy atom. The molecule has 0 fully saturated rings. The molecule has 0 radical (unpaired) electrons. The van der Waals surface area contributed by atoms with Crippen molar-refractivity contribution in [1.82, 2.24) is 5.32 Å². The molecule has 0 aliphatic heterocycles. The molecule has 11 nitrogen and oxygen atoms in total. The summed E-state index contributed by atoms with van der Waals surface area (Å²) < 4.78 is 0. The van der Waals surface area contributed by atoms with Gasteiger partial charge in [0.05, 0.1) is 15.9 Å². The number of rotatable bonds is 9. The van der Waals surface area contributed by atoms with Crippen LogP contribution >= 0.6 is 0 Å². The van der Waals surface area contributed by atoms with E-state index in [4.69, 9.17) is 5.11 Å². The third-order valence-electron chi connectivity index (χ3n) is 4.05. The first kappa shape index (κ1) is 21.3. The lowest BCUT2D eigenvalue weighted by Gasteiger charge is -2.21. The number of nitro groups is 2. The zero-order valence-corrected chi connectivity index (χ0v) is 15.3. The lowest BCUT2D eigenvalue weighted by Crippen LogP contribution is -2.47. The van der Waals surface area contributed by atoms with Crippen LogP contribution in [0.4, 0.5) is 17.1 Å². The summed E-state index contributed by atoms with van der Waals surface area (Å²) in [5, 5.41) is 36.3. The Kier molecular flexibility index (Phi) is 6.80. The molecule has 0 saturated heterocycles. The standard InChI is InChI=1S/C18H18N4O7/c1-11(18(24)25)19-17(23)15(9-12-5-3-2-4-6-12)20-14-8-7-13(21(26)27)10-16(14)22(28)29/h2-8,10-11,15,20H,9H2,1H3,(H,19,23)(H,24,25). The molecular weight excluding hydrogens is 384 g/mol. The molecule has 0 spiro atoms. The van der Waals surface area contributed by atoms with Crippen LogP contribution in [-0.2, 0) is 16.0 Å². The second-order valence-electron chi connectivity index (χ2n) is 6.17. The lowest BCUT2D eigenvalue weighted by atomic mass is 10.0. The average molecular weight is 402 g/mol. The topological polar surface area (TPSA) is 165 Å².